The van der Waals surface area contributed by atoms with Crippen molar-refractivity contribution in [1.82, 2.24) is 4.90 Å². The molecule has 20 heavy (non-hydrogen) atoms. The zero-order chi connectivity index (χ0) is 13.5. The molecule has 2 bridgehead atoms. The van der Waals surface area contributed by atoms with Gasteiger partial charge in [-0.2, -0.15) is 0 Å². The molecule has 2 aromatic carbocycles. The number of anilines is 1. The van der Waals surface area contributed by atoms with Gasteiger partial charge in [0.1, 0.15) is 0 Å². The number of fused-ring (bicyclic) bond motifs is 3. The Labute approximate surface area is 128 Å². The van der Waals surface area contributed by atoms with Gasteiger partial charge in [-0.05, 0) is 60.3 Å². The van der Waals surface area contributed by atoms with E-state index in [9.17, 15) is 0 Å². The van der Waals surface area contributed by atoms with Gasteiger partial charge in [-0.25, -0.2) is 0 Å². The Morgan fingerprint density at radius 2 is 1.80 bits per heavy atom. The van der Waals surface area contributed by atoms with Crippen LogP contribution in [0, 0.1) is 5.92 Å². The van der Waals surface area contributed by atoms with E-state index in [-0.39, 0.29) is 0 Å². The second-order valence-corrected chi connectivity index (χ2v) is 7.01. The van der Waals surface area contributed by atoms with E-state index in [1.807, 2.05) is 0 Å². The van der Waals surface area contributed by atoms with Gasteiger partial charge in [0, 0.05) is 29.3 Å². The van der Waals surface area contributed by atoms with Gasteiger partial charge in [-0.15, -0.1) is 0 Å². The first-order chi connectivity index (χ1) is 9.78. The highest BCUT2D eigenvalue weighted by Crippen LogP contribution is 2.30. The van der Waals surface area contributed by atoms with Crippen molar-refractivity contribution in [1.29, 1.82) is 0 Å². The molecule has 3 heteroatoms. The predicted molar refractivity (Wildman–Crippen MR) is 88.2 cm³/mol. The number of piperidine rings is 1. The summed E-state index contributed by atoms with van der Waals surface area (Å²) in [5.41, 5.74) is 1.27. The first-order valence-electron chi connectivity index (χ1n) is 7.46. The van der Waals surface area contributed by atoms with Crippen molar-refractivity contribution in [3.8, 4) is 0 Å². The fourth-order valence-electron chi connectivity index (χ4n) is 3.66. The fraction of sp³-hybridized carbons (Fsp3) is 0.412. The summed E-state index contributed by atoms with van der Waals surface area (Å²) >= 11 is 3.53. The van der Waals surface area contributed by atoms with Crippen LogP contribution in [-0.2, 0) is 0 Å². The molecule has 0 spiro atoms. The number of nitrogens with one attached hydrogen (secondary N) is 1. The predicted octanol–water partition coefficient (Wildman–Crippen LogP) is 4.11. The first kappa shape index (κ1) is 12.7. The van der Waals surface area contributed by atoms with Crippen LogP contribution in [0.3, 0.4) is 0 Å². The maximum Gasteiger partial charge on any atom is 0.0348 e. The Morgan fingerprint density at radius 3 is 2.75 bits per heavy atom. The van der Waals surface area contributed by atoms with Crippen LogP contribution < -0.4 is 5.32 Å². The van der Waals surface area contributed by atoms with Gasteiger partial charge in [0.15, 0.2) is 0 Å². The molecule has 2 aromatic rings. The molecule has 2 nitrogen and oxygen atoms in total. The third-order valence-electron chi connectivity index (χ3n) is 4.79. The minimum atomic E-state index is 0.654. The van der Waals surface area contributed by atoms with Crippen LogP contribution >= 0.6 is 15.9 Å². The van der Waals surface area contributed by atoms with E-state index < -0.39 is 0 Å². The minimum absolute atomic E-state index is 0.654. The molecule has 104 valence electrons. The van der Waals surface area contributed by atoms with E-state index in [4.69, 9.17) is 0 Å². The largest absolute Gasteiger partial charge is 0.382 e. The summed E-state index contributed by atoms with van der Waals surface area (Å²) in [7, 11) is 0. The van der Waals surface area contributed by atoms with E-state index in [1.54, 1.807) is 0 Å². The summed E-state index contributed by atoms with van der Waals surface area (Å²) in [6.45, 7) is 3.85. The Hall–Kier alpha value is -1.06. The summed E-state index contributed by atoms with van der Waals surface area (Å²) in [5.74, 6) is 0.837. The van der Waals surface area contributed by atoms with Gasteiger partial charge >= 0.3 is 0 Å². The van der Waals surface area contributed by atoms with Gasteiger partial charge in [-0.3, -0.25) is 0 Å². The van der Waals surface area contributed by atoms with Gasteiger partial charge < -0.3 is 10.2 Å². The Bertz CT molecular complexity index is 640. The standard InChI is InChI=1S/C17H19BrN2/c18-15-3-1-13-10-16(4-2-12(13)9-15)19-17-6-8-20-7-5-14(17)11-20/h1-4,9-10,14,17,19H,5-8,11H2. The van der Waals surface area contributed by atoms with Crippen molar-refractivity contribution in [3.63, 3.8) is 0 Å². The SMILES string of the molecule is Brc1ccc2cc(NC3CCN4CCC3C4)ccc2c1. The van der Waals surface area contributed by atoms with E-state index >= 15 is 0 Å². The van der Waals surface area contributed by atoms with Crippen LogP contribution in [-0.4, -0.2) is 30.6 Å². The van der Waals surface area contributed by atoms with Crippen molar-refractivity contribution >= 4 is 32.4 Å². The molecular weight excluding hydrogens is 312 g/mol. The minimum Gasteiger partial charge on any atom is -0.382 e. The van der Waals surface area contributed by atoms with Crippen LogP contribution in [0.25, 0.3) is 10.8 Å². The molecule has 0 saturated carbocycles. The molecule has 2 aliphatic heterocycles. The average molecular weight is 331 g/mol. The molecule has 0 aromatic heterocycles. The number of hydrogen-bond acceptors (Lipinski definition) is 2. The summed E-state index contributed by atoms with van der Waals surface area (Å²) in [6, 6.07) is 13.8. The topological polar surface area (TPSA) is 15.3 Å². The van der Waals surface area contributed by atoms with Crippen LogP contribution in [0.5, 0.6) is 0 Å². The van der Waals surface area contributed by atoms with Crippen LogP contribution in [0.2, 0.25) is 0 Å². The van der Waals surface area contributed by atoms with Crippen molar-refractivity contribution < 1.29 is 0 Å². The fourth-order valence-corrected chi connectivity index (χ4v) is 4.04. The molecule has 4 rings (SSSR count). The summed E-state index contributed by atoms with van der Waals surface area (Å²) in [6.07, 6.45) is 2.64. The zero-order valence-electron chi connectivity index (χ0n) is 11.5. The van der Waals surface area contributed by atoms with Crippen molar-refractivity contribution in [2.45, 2.75) is 18.9 Å². The van der Waals surface area contributed by atoms with Crippen molar-refractivity contribution in [3.05, 3.63) is 40.9 Å². The summed E-state index contributed by atoms with van der Waals surface area (Å²) < 4.78 is 1.14. The zero-order valence-corrected chi connectivity index (χ0v) is 13.1. The van der Waals surface area contributed by atoms with Gasteiger partial charge in [0.05, 0.1) is 0 Å². The second kappa shape index (κ2) is 5.05. The summed E-state index contributed by atoms with van der Waals surface area (Å²) in [4.78, 5) is 2.60. The number of benzene rings is 2. The van der Waals surface area contributed by atoms with Gasteiger partial charge in [0.25, 0.3) is 0 Å². The smallest absolute Gasteiger partial charge is 0.0348 e. The molecule has 3 atom stereocenters. The molecule has 2 heterocycles. The third kappa shape index (κ3) is 2.33. The quantitative estimate of drug-likeness (QED) is 0.891. The van der Waals surface area contributed by atoms with Crippen LogP contribution in [0.1, 0.15) is 12.8 Å². The number of hydrogen-bond donors (Lipinski definition) is 1. The van der Waals surface area contributed by atoms with E-state index in [0.717, 1.165) is 10.4 Å². The number of nitrogens with zero attached hydrogens (tertiary/aromatic N) is 1. The Morgan fingerprint density at radius 1 is 1.00 bits per heavy atom. The molecule has 0 amide bonds. The van der Waals surface area contributed by atoms with E-state index in [0.29, 0.717) is 6.04 Å². The first-order valence-corrected chi connectivity index (χ1v) is 8.25. The lowest BCUT2D eigenvalue weighted by Gasteiger charge is -2.31. The maximum atomic E-state index is 3.78. The number of halogens is 1. The maximum absolute atomic E-state index is 3.78. The summed E-state index contributed by atoms with van der Waals surface area (Å²) in [5, 5.41) is 6.38. The van der Waals surface area contributed by atoms with Crippen LogP contribution in [0.15, 0.2) is 40.9 Å². The second-order valence-electron chi connectivity index (χ2n) is 6.10. The van der Waals surface area contributed by atoms with Gasteiger partial charge in [0.2, 0.25) is 0 Å². The van der Waals surface area contributed by atoms with Crippen molar-refractivity contribution in [2.75, 3.05) is 25.0 Å². The van der Waals surface area contributed by atoms with Crippen LogP contribution in [0.4, 0.5) is 5.69 Å². The highest BCUT2D eigenvalue weighted by Gasteiger charge is 2.33. The molecule has 2 aliphatic rings. The van der Waals surface area contributed by atoms with E-state index in [1.165, 1.54) is 48.9 Å². The monoisotopic (exact) mass is 330 g/mol. The lowest BCUT2D eigenvalue weighted by atomic mass is 9.94. The lowest BCUT2D eigenvalue weighted by Crippen LogP contribution is -2.39. The highest BCUT2D eigenvalue weighted by molar-refractivity contribution is 9.10. The van der Waals surface area contributed by atoms with Crippen molar-refractivity contribution in [2.24, 2.45) is 5.92 Å². The number of rotatable bonds is 2. The molecule has 3 unspecified atom stereocenters. The normalized spacial score (nSPS) is 28.8. The molecule has 2 saturated heterocycles. The Balaban J connectivity index is 1.57. The lowest BCUT2D eigenvalue weighted by molar-refractivity contribution is 0.255. The molecule has 0 aliphatic carbocycles. The van der Waals surface area contributed by atoms with Gasteiger partial charge in [-0.1, -0.05) is 28.1 Å². The van der Waals surface area contributed by atoms with E-state index in [2.05, 4.69) is 62.5 Å². The molecule has 2 fully saturated rings. The molecule has 0 radical (unpaired) electrons. The third-order valence-corrected chi connectivity index (χ3v) is 5.28. The Kier molecular flexibility index (Phi) is 3.20. The molecule has 1 N–H and O–H groups in total. The average Bonchev–Trinajstić information content (AvgIpc) is 2.85. The highest BCUT2D eigenvalue weighted by atomic mass is 79.9. The molecular formula is C17H19BrN2.